The first-order valence-corrected chi connectivity index (χ1v) is 14.8. The number of fused-ring (bicyclic) bond motifs is 8. The van der Waals surface area contributed by atoms with Gasteiger partial charge in [0, 0.05) is 39.2 Å². The summed E-state index contributed by atoms with van der Waals surface area (Å²) < 4.78 is 9.19. The first kappa shape index (κ1) is 24.0. The summed E-state index contributed by atoms with van der Waals surface area (Å²) in [5, 5.41) is 7.37. The SMILES string of the molecule is c1ccc(-c2cc3ccccc3c3c2oc2c(Cc4ccc(-n5c6ccccc6c6ccccc65)cc4)cccc23)cc1. The third kappa shape index (κ3) is 3.73. The van der Waals surface area contributed by atoms with Crippen molar-refractivity contribution in [2.45, 2.75) is 6.42 Å². The van der Waals surface area contributed by atoms with E-state index in [0.717, 1.165) is 23.2 Å². The Morgan fingerprint density at radius 1 is 0.488 bits per heavy atom. The van der Waals surface area contributed by atoms with Gasteiger partial charge in [-0.05, 0) is 57.8 Å². The molecular weight excluding hydrogens is 522 g/mol. The average Bonchev–Trinajstić information content (AvgIpc) is 3.63. The normalized spacial score (nSPS) is 11.8. The van der Waals surface area contributed by atoms with Gasteiger partial charge in [-0.15, -0.1) is 0 Å². The van der Waals surface area contributed by atoms with Crippen LogP contribution in [0.3, 0.4) is 0 Å². The second kappa shape index (κ2) is 9.47. The zero-order chi connectivity index (χ0) is 28.3. The Kier molecular flexibility index (Phi) is 5.30. The first-order valence-electron chi connectivity index (χ1n) is 14.8. The Bertz CT molecular complexity index is 2410. The van der Waals surface area contributed by atoms with Gasteiger partial charge in [0.15, 0.2) is 0 Å². The summed E-state index contributed by atoms with van der Waals surface area (Å²) in [5.74, 6) is 0. The molecule has 0 aliphatic rings. The van der Waals surface area contributed by atoms with E-state index in [1.54, 1.807) is 0 Å². The van der Waals surface area contributed by atoms with E-state index in [-0.39, 0.29) is 0 Å². The summed E-state index contributed by atoms with van der Waals surface area (Å²) in [7, 11) is 0. The number of nitrogens with zero attached hydrogens (tertiary/aromatic N) is 1. The standard InChI is InChI=1S/C41H27NO/c1-2-11-28(12-3-1)36-26-29-13-4-5-15-32(29)39-35-18-10-14-30(40(35)43-41(36)39)25-27-21-23-31(24-22-27)42-37-19-8-6-16-33(37)34-17-7-9-20-38(34)42/h1-24,26H,25H2. The van der Waals surface area contributed by atoms with Gasteiger partial charge >= 0.3 is 0 Å². The summed E-state index contributed by atoms with van der Waals surface area (Å²) in [6.07, 6.45) is 0.795. The highest BCUT2D eigenvalue weighted by atomic mass is 16.3. The van der Waals surface area contributed by atoms with E-state index in [0.29, 0.717) is 0 Å². The van der Waals surface area contributed by atoms with E-state index in [2.05, 4.69) is 156 Å². The molecule has 0 aliphatic carbocycles. The fourth-order valence-corrected chi connectivity index (χ4v) is 6.86. The number of furan rings is 1. The molecule has 0 radical (unpaired) electrons. The van der Waals surface area contributed by atoms with Gasteiger partial charge in [0.05, 0.1) is 11.0 Å². The van der Waals surface area contributed by atoms with Crippen LogP contribution in [0.25, 0.3) is 71.3 Å². The average molecular weight is 550 g/mol. The van der Waals surface area contributed by atoms with Crippen molar-refractivity contribution in [3.63, 3.8) is 0 Å². The molecule has 2 heteroatoms. The van der Waals surface area contributed by atoms with Gasteiger partial charge in [-0.2, -0.15) is 0 Å². The lowest BCUT2D eigenvalue weighted by atomic mass is 9.95. The molecule has 202 valence electrons. The number of aromatic nitrogens is 1. The monoisotopic (exact) mass is 549 g/mol. The van der Waals surface area contributed by atoms with Gasteiger partial charge in [-0.1, -0.05) is 121 Å². The van der Waals surface area contributed by atoms with Crippen LogP contribution in [-0.4, -0.2) is 4.57 Å². The van der Waals surface area contributed by atoms with Crippen LogP contribution in [-0.2, 0) is 6.42 Å². The molecule has 0 saturated carbocycles. The Morgan fingerprint density at radius 2 is 1.12 bits per heavy atom. The van der Waals surface area contributed by atoms with Crippen molar-refractivity contribution < 1.29 is 4.42 Å². The molecule has 0 N–H and O–H groups in total. The fourth-order valence-electron chi connectivity index (χ4n) is 6.86. The molecule has 9 rings (SSSR count). The topological polar surface area (TPSA) is 18.1 Å². The summed E-state index contributed by atoms with van der Waals surface area (Å²) >= 11 is 0. The van der Waals surface area contributed by atoms with E-state index in [4.69, 9.17) is 4.42 Å². The molecule has 2 heterocycles. The summed E-state index contributed by atoms with van der Waals surface area (Å²) in [6.45, 7) is 0. The first-order chi connectivity index (χ1) is 21.3. The van der Waals surface area contributed by atoms with Crippen molar-refractivity contribution in [1.29, 1.82) is 0 Å². The summed E-state index contributed by atoms with van der Waals surface area (Å²) in [6, 6.07) is 54.4. The van der Waals surface area contributed by atoms with E-state index in [1.165, 1.54) is 65.7 Å². The smallest absolute Gasteiger partial charge is 0.143 e. The molecule has 0 bridgehead atoms. The van der Waals surface area contributed by atoms with Crippen LogP contribution < -0.4 is 0 Å². The predicted octanol–water partition coefficient (Wildman–Crippen LogP) is 11.1. The molecule has 2 nitrogen and oxygen atoms in total. The maximum atomic E-state index is 6.82. The van der Waals surface area contributed by atoms with Gasteiger partial charge < -0.3 is 8.98 Å². The number of para-hydroxylation sites is 3. The van der Waals surface area contributed by atoms with Gasteiger partial charge in [-0.25, -0.2) is 0 Å². The molecule has 0 amide bonds. The van der Waals surface area contributed by atoms with Crippen LogP contribution >= 0.6 is 0 Å². The zero-order valence-corrected chi connectivity index (χ0v) is 23.5. The molecular formula is C41H27NO. The van der Waals surface area contributed by atoms with Gasteiger partial charge in [0.25, 0.3) is 0 Å². The van der Waals surface area contributed by atoms with Crippen molar-refractivity contribution in [2.75, 3.05) is 0 Å². The molecule has 0 unspecified atom stereocenters. The molecule has 9 aromatic rings. The Hall–Kier alpha value is -5.60. The molecule has 0 spiro atoms. The summed E-state index contributed by atoms with van der Waals surface area (Å²) in [5.41, 5.74) is 10.3. The van der Waals surface area contributed by atoms with Crippen molar-refractivity contribution >= 4 is 54.5 Å². The van der Waals surface area contributed by atoms with Crippen molar-refractivity contribution in [1.82, 2.24) is 4.57 Å². The van der Waals surface area contributed by atoms with Crippen LogP contribution in [0.4, 0.5) is 0 Å². The second-order valence-corrected chi connectivity index (χ2v) is 11.3. The maximum Gasteiger partial charge on any atom is 0.143 e. The van der Waals surface area contributed by atoms with Gasteiger partial charge in [0.2, 0.25) is 0 Å². The van der Waals surface area contributed by atoms with E-state index < -0.39 is 0 Å². The second-order valence-electron chi connectivity index (χ2n) is 11.3. The molecule has 0 saturated heterocycles. The van der Waals surface area contributed by atoms with Crippen LogP contribution in [0, 0.1) is 0 Å². The molecule has 7 aromatic carbocycles. The highest BCUT2D eigenvalue weighted by molar-refractivity contribution is 6.22. The minimum absolute atomic E-state index is 0.795. The van der Waals surface area contributed by atoms with E-state index in [9.17, 15) is 0 Å². The molecule has 43 heavy (non-hydrogen) atoms. The molecule has 0 aliphatic heterocycles. The molecule has 0 atom stereocenters. The minimum Gasteiger partial charge on any atom is -0.455 e. The lowest BCUT2D eigenvalue weighted by Gasteiger charge is -2.09. The quantitative estimate of drug-likeness (QED) is 0.213. The minimum atomic E-state index is 0.795. The van der Waals surface area contributed by atoms with Crippen LogP contribution in [0.1, 0.15) is 11.1 Å². The predicted molar refractivity (Wildman–Crippen MR) is 180 cm³/mol. The maximum absolute atomic E-state index is 6.82. The van der Waals surface area contributed by atoms with E-state index >= 15 is 0 Å². The highest BCUT2D eigenvalue weighted by Crippen LogP contribution is 2.42. The molecule has 2 aromatic heterocycles. The van der Waals surface area contributed by atoms with E-state index in [1.807, 2.05) is 0 Å². The van der Waals surface area contributed by atoms with Crippen molar-refractivity contribution in [3.05, 3.63) is 163 Å². The number of hydrogen-bond acceptors (Lipinski definition) is 1. The van der Waals surface area contributed by atoms with Crippen molar-refractivity contribution in [3.8, 4) is 16.8 Å². The number of benzene rings is 7. The summed E-state index contributed by atoms with van der Waals surface area (Å²) in [4.78, 5) is 0. The third-order valence-corrected chi connectivity index (χ3v) is 8.83. The Labute approximate surface area is 249 Å². The number of hydrogen-bond donors (Lipinski definition) is 0. The highest BCUT2D eigenvalue weighted by Gasteiger charge is 2.18. The van der Waals surface area contributed by atoms with Crippen LogP contribution in [0.15, 0.2) is 156 Å². The fraction of sp³-hybridized carbons (Fsp3) is 0.0244. The zero-order valence-electron chi connectivity index (χ0n) is 23.5. The van der Waals surface area contributed by atoms with Gasteiger partial charge in [-0.3, -0.25) is 0 Å². The Balaban J connectivity index is 1.17. The Morgan fingerprint density at radius 3 is 1.86 bits per heavy atom. The molecule has 0 fully saturated rings. The number of rotatable bonds is 4. The van der Waals surface area contributed by atoms with Crippen LogP contribution in [0.5, 0.6) is 0 Å². The lowest BCUT2D eigenvalue weighted by Crippen LogP contribution is -1.95. The third-order valence-electron chi connectivity index (χ3n) is 8.83. The largest absolute Gasteiger partial charge is 0.455 e. The lowest BCUT2D eigenvalue weighted by molar-refractivity contribution is 0.665. The van der Waals surface area contributed by atoms with Crippen LogP contribution in [0.2, 0.25) is 0 Å². The van der Waals surface area contributed by atoms with Crippen molar-refractivity contribution in [2.24, 2.45) is 0 Å². The van der Waals surface area contributed by atoms with Gasteiger partial charge in [0.1, 0.15) is 11.2 Å².